The number of hydrogen-bond acceptors (Lipinski definition) is 6. The third-order valence-corrected chi connectivity index (χ3v) is 8.38. The Labute approximate surface area is 241 Å². The Morgan fingerprint density at radius 3 is 2.40 bits per heavy atom. The van der Waals surface area contributed by atoms with Crippen LogP contribution in [-0.4, -0.2) is 68.2 Å². The molecule has 0 aromatic heterocycles. The van der Waals surface area contributed by atoms with Crippen LogP contribution < -0.4 is 20.7 Å². The lowest BCUT2D eigenvalue weighted by Crippen LogP contribution is -2.50. The van der Waals surface area contributed by atoms with Gasteiger partial charge in [-0.1, -0.05) is 18.2 Å². The Morgan fingerprint density at radius 2 is 1.81 bits per heavy atom. The highest BCUT2D eigenvalue weighted by Gasteiger charge is 2.47. The summed E-state index contributed by atoms with van der Waals surface area (Å²) in [7, 11) is -4.00. The minimum absolute atomic E-state index is 0.00400. The fourth-order valence-electron chi connectivity index (χ4n) is 4.68. The molecule has 3 amide bonds. The number of piperidine rings is 1. The Balaban J connectivity index is 1.45. The average molecular weight is 634 g/mol. The van der Waals surface area contributed by atoms with Crippen molar-refractivity contribution in [3.05, 3.63) is 64.6 Å². The van der Waals surface area contributed by atoms with Crippen molar-refractivity contribution in [2.75, 3.05) is 24.5 Å². The zero-order chi connectivity index (χ0) is 31.8. The van der Waals surface area contributed by atoms with Gasteiger partial charge in [-0.25, -0.2) is 13.2 Å². The number of ether oxygens (including phenoxy) is 1. The molecule has 1 saturated heterocycles. The van der Waals surface area contributed by atoms with E-state index in [9.17, 15) is 44.3 Å². The molecule has 2 aliphatic heterocycles. The number of nitrogens with two attached hydrogens (primary N) is 1. The van der Waals surface area contributed by atoms with E-state index in [4.69, 9.17) is 5.73 Å². The van der Waals surface area contributed by atoms with Crippen LogP contribution in [0.3, 0.4) is 0 Å². The van der Waals surface area contributed by atoms with E-state index in [1.807, 2.05) is 0 Å². The molecule has 0 radical (unpaired) electrons. The molecular formula is C26H25F6N5O5S. The SMILES string of the molecule is Cc1cc(N(CC(F)(F)F)C(N)=O)ccc1C=CS(=O)(=O)N1CCC2(CC1)N=C(c1cccc(OC(F)(F)F)c1)NC2=O. The van der Waals surface area contributed by atoms with Gasteiger partial charge in [0.1, 0.15) is 23.7 Å². The van der Waals surface area contributed by atoms with Crippen LogP contribution in [0, 0.1) is 6.92 Å². The van der Waals surface area contributed by atoms with Crippen molar-refractivity contribution in [1.82, 2.24) is 9.62 Å². The van der Waals surface area contributed by atoms with Crippen LogP contribution in [0.15, 0.2) is 52.9 Å². The second-order valence-electron chi connectivity index (χ2n) is 9.85. The van der Waals surface area contributed by atoms with Gasteiger partial charge in [-0.05, 0) is 61.2 Å². The fraction of sp³-hybridized carbons (Fsp3) is 0.346. The summed E-state index contributed by atoms with van der Waals surface area (Å²) < 4.78 is 107. The third kappa shape index (κ3) is 7.64. The minimum Gasteiger partial charge on any atom is -0.406 e. The number of nitrogens with zero attached hydrogens (tertiary/aromatic N) is 3. The lowest BCUT2D eigenvalue weighted by Gasteiger charge is -2.34. The molecule has 17 heteroatoms. The second-order valence-corrected chi connectivity index (χ2v) is 11.7. The van der Waals surface area contributed by atoms with Crippen LogP contribution in [0.1, 0.15) is 29.5 Å². The highest BCUT2D eigenvalue weighted by Crippen LogP contribution is 2.33. The maximum atomic E-state index is 13.0. The van der Waals surface area contributed by atoms with Gasteiger partial charge in [0.15, 0.2) is 0 Å². The van der Waals surface area contributed by atoms with Crippen LogP contribution >= 0.6 is 0 Å². The summed E-state index contributed by atoms with van der Waals surface area (Å²) in [5.74, 6) is -0.965. The Bertz CT molecular complexity index is 1580. The number of primary amides is 1. The monoisotopic (exact) mass is 633 g/mol. The summed E-state index contributed by atoms with van der Waals surface area (Å²) in [4.78, 5) is 29.1. The van der Waals surface area contributed by atoms with Crippen LogP contribution in [0.2, 0.25) is 0 Å². The predicted octanol–water partition coefficient (Wildman–Crippen LogP) is 4.05. The summed E-state index contributed by atoms with van der Waals surface area (Å²) in [5.41, 5.74) is 4.60. The first-order chi connectivity index (χ1) is 19.9. The van der Waals surface area contributed by atoms with E-state index >= 15 is 0 Å². The number of sulfonamides is 1. The van der Waals surface area contributed by atoms with Crippen molar-refractivity contribution in [2.45, 2.75) is 37.8 Å². The number of nitrogens with one attached hydrogen (secondary N) is 1. The number of benzene rings is 2. The van der Waals surface area contributed by atoms with E-state index in [0.717, 1.165) is 21.8 Å². The fourth-order valence-corrected chi connectivity index (χ4v) is 5.86. The summed E-state index contributed by atoms with van der Waals surface area (Å²) in [6.45, 7) is -0.245. The molecule has 0 unspecified atom stereocenters. The number of anilines is 1. The summed E-state index contributed by atoms with van der Waals surface area (Å²) in [6.07, 6.45) is -8.33. The van der Waals surface area contributed by atoms with Gasteiger partial charge in [-0.3, -0.25) is 14.7 Å². The first-order valence-electron chi connectivity index (χ1n) is 12.6. The number of urea groups is 1. The van der Waals surface area contributed by atoms with E-state index in [-0.39, 0.29) is 43.0 Å². The van der Waals surface area contributed by atoms with Crippen molar-refractivity contribution in [3.8, 4) is 5.75 Å². The number of carbonyl (C=O) groups is 2. The lowest BCUT2D eigenvalue weighted by molar-refractivity contribution is -0.274. The number of amidine groups is 1. The number of hydrogen-bond donors (Lipinski definition) is 2. The van der Waals surface area contributed by atoms with Gasteiger partial charge in [0.2, 0.25) is 10.0 Å². The Morgan fingerprint density at radius 1 is 1.14 bits per heavy atom. The molecular weight excluding hydrogens is 608 g/mol. The summed E-state index contributed by atoms with van der Waals surface area (Å²) >= 11 is 0. The number of rotatable bonds is 7. The minimum atomic E-state index is -4.90. The van der Waals surface area contributed by atoms with Gasteiger partial charge in [0.05, 0.1) is 0 Å². The highest BCUT2D eigenvalue weighted by molar-refractivity contribution is 7.92. The first-order valence-corrected chi connectivity index (χ1v) is 14.1. The molecule has 2 heterocycles. The van der Waals surface area contributed by atoms with Crippen LogP contribution in [0.25, 0.3) is 6.08 Å². The van der Waals surface area contributed by atoms with Gasteiger partial charge >= 0.3 is 18.6 Å². The van der Waals surface area contributed by atoms with E-state index < -0.39 is 52.3 Å². The molecule has 43 heavy (non-hydrogen) atoms. The molecule has 2 aliphatic rings. The van der Waals surface area contributed by atoms with Crippen molar-refractivity contribution >= 4 is 39.6 Å². The summed E-state index contributed by atoms with van der Waals surface area (Å²) in [6, 6.07) is 7.45. The second kappa shape index (κ2) is 11.5. The quantitative estimate of drug-likeness (QED) is 0.444. The van der Waals surface area contributed by atoms with Crippen molar-refractivity contribution in [3.63, 3.8) is 0 Å². The van der Waals surface area contributed by atoms with E-state index in [2.05, 4.69) is 15.0 Å². The number of amides is 3. The topological polar surface area (TPSA) is 134 Å². The van der Waals surface area contributed by atoms with E-state index in [1.54, 1.807) is 0 Å². The zero-order valence-corrected chi connectivity index (χ0v) is 23.2. The number of aliphatic imine (C=N–C) groups is 1. The third-order valence-electron chi connectivity index (χ3n) is 6.82. The van der Waals surface area contributed by atoms with Crippen LogP contribution in [0.5, 0.6) is 5.75 Å². The van der Waals surface area contributed by atoms with E-state index in [0.29, 0.717) is 16.0 Å². The predicted molar refractivity (Wildman–Crippen MR) is 143 cm³/mol. The molecule has 2 aromatic carbocycles. The number of aryl methyl sites for hydroxylation is 1. The maximum absolute atomic E-state index is 13.0. The Kier molecular flexibility index (Phi) is 8.52. The molecule has 0 atom stereocenters. The zero-order valence-electron chi connectivity index (χ0n) is 22.4. The highest BCUT2D eigenvalue weighted by atomic mass is 32.2. The molecule has 1 fully saturated rings. The Hall–Kier alpha value is -4.12. The standard InChI is InChI=1S/C26H25F6N5O5S/c1-16-13-19(37(23(33)39)15-25(27,28)29)6-5-17(16)7-12-43(40,41)36-10-8-24(9-11-36)22(38)34-21(35-24)18-3-2-4-20(14-18)42-26(30,31)32/h2-7,12-14H,8-11,15H2,1H3,(H2,33,39)(H,34,35,38). The van der Waals surface area contributed by atoms with E-state index in [1.165, 1.54) is 43.3 Å². The molecule has 0 bridgehead atoms. The van der Waals surface area contributed by atoms with Gasteiger partial charge in [-0.15, -0.1) is 13.2 Å². The molecule has 1 spiro atoms. The number of carbonyl (C=O) groups excluding carboxylic acids is 2. The average Bonchev–Trinajstić information content (AvgIpc) is 3.20. The van der Waals surface area contributed by atoms with Crippen LogP contribution in [0.4, 0.5) is 36.8 Å². The number of halogens is 6. The van der Waals surface area contributed by atoms with Gasteiger partial charge in [0.25, 0.3) is 5.91 Å². The van der Waals surface area contributed by atoms with Crippen molar-refractivity contribution in [2.24, 2.45) is 10.7 Å². The van der Waals surface area contributed by atoms with Gasteiger partial charge in [0, 0.05) is 29.7 Å². The lowest BCUT2D eigenvalue weighted by atomic mass is 9.89. The number of alkyl halides is 6. The normalized spacial score (nSPS) is 17.7. The van der Waals surface area contributed by atoms with Crippen LogP contribution in [-0.2, 0) is 14.8 Å². The first kappa shape index (κ1) is 31.8. The van der Waals surface area contributed by atoms with Crippen molar-refractivity contribution in [1.29, 1.82) is 0 Å². The van der Waals surface area contributed by atoms with Crippen molar-refractivity contribution < 1.29 is 49.1 Å². The van der Waals surface area contributed by atoms with Gasteiger partial charge < -0.3 is 15.8 Å². The summed E-state index contributed by atoms with van der Waals surface area (Å²) in [5, 5.41) is 3.48. The molecule has 10 nitrogen and oxygen atoms in total. The maximum Gasteiger partial charge on any atom is 0.573 e. The van der Waals surface area contributed by atoms with Gasteiger partial charge in [-0.2, -0.15) is 17.5 Å². The molecule has 3 N–H and O–H groups in total. The molecule has 4 rings (SSSR count). The largest absolute Gasteiger partial charge is 0.573 e. The molecule has 232 valence electrons. The molecule has 0 saturated carbocycles. The smallest absolute Gasteiger partial charge is 0.406 e. The molecule has 0 aliphatic carbocycles. The molecule has 2 aromatic rings.